The van der Waals surface area contributed by atoms with Crippen molar-refractivity contribution in [1.29, 1.82) is 0 Å². The van der Waals surface area contributed by atoms with Crippen molar-refractivity contribution < 1.29 is 17.9 Å². The van der Waals surface area contributed by atoms with Crippen LogP contribution in [0.25, 0.3) is 0 Å². The molecule has 0 amide bonds. The molecular formula is C16H15F3N2O. The molecule has 3 nitrogen and oxygen atoms in total. The number of hydrogen-bond donors (Lipinski definition) is 1. The predicted molar refractivity (Wildman–Crippen MR) is 74.9 cm³/mol. The third-order valence-corrected chi connectivity index (χ3v) is 3.75. The lowest BCUT2D eigenvalue weighted by Crippen LogP contribution is -2.22. The quantitative estimate of drug-likeness (QED) is 0.941. The molecule has 1 aliphatic heterocycles. The van der Waals surface area contributed by atoms with Gasteiger partial charge in [-0.1, -0.05) is 6.07 Å². The van der Waals surface area contributed by atoms with Crippen LogP contribution in [0, 0.1) is 23.4 Å². The zero-order chi connectivity index (χ0) is 15.5. The Balaban J connectivity index is 1.94. The van der Waals surface area contributed by atoms with Gasteiger partial charge in [-0.3, -0.25) is 4.98 Å². The largest absolute Gasteiger partial charge is 0.479 e. The first-order valence-electron chi connectivity index (χ1n) is 7.07. The van der Waals surface area contributed by atoms with Gasteiger partial charge in [-0.15, -0.1) is 0 Å². The topological polar surface area (TPSA) is 34.1 Å². The highest BCUT2D eigenvalue weighted by atomic mass is 19.1. The summed E-state index contributed by atoms with van der Waals surface area (Å²) in [4.78, 5) is 4.03. The van der Waals surface area contributed by atoms with Gasteiger partial charge in [-0.2, -0.15) is 0 Å². The summed E-state index contributed by atoms with van der Waals surface area (Å²) in [5.74, 6) is -3.55. The van der Waals surface area contributed by atoms with Crippen molar-refractivity contribution in [3.8, 4) is 5.75 Å². The van der Waals surface area contributed by atoms with Crippen LogP contribution in [-0.2, 0) is 0 Å². The molecule has 22 heavy (non-hydrogen) atoms. The maximum absolute atomic E-state index is 13.8. The molecule has 2 heterocycles. The Morgan fingerprint density at radius 2 is 2.00 bits per heavy atom. The summed E-state index contributed by atoms with van der Waals surface area (Å²) in [5, 5.41) is 3.20. The number of hydrogen-bond acceptors (Lipinski definition) is 3. The van der Waals surface area contributed by atoms with Crippen LogP contribution in [-0.4, -0.2) is 18.1 Å². The summed E-state index contributed by atoms with van der Waals surface area (Å²) in [6.45, 7) is 1.50. The minimum atomic E-state index is -1.04. The highest BCUT2D eigenvalue weighted by Crippen LogP contribution is 2.34. The van der Waals surface area contributed by atoms with Crippen molar-refractivity contribution in [1.82, 2.24) is 10.3 Å². The van der Waals surface area contributed by atoms with Gasteiger partial charge in [-0.05, 0) is 19.0 Å². The Labute approximate surface area is 126 Å². The Bertz CT molecular complexity index is 622. The molecule has 116 valence electrons. The lowest BCUT2D eigenvalue weighted by atomic mass is 9.96. The van der Waals surface area contributed by atoms with Crippen LogP contribution >= 0.6 is 0 Å². The first-order chi connectivity index (χ1) is 10.6. The van der Waals surface area contributed by atoms with Crippen LogP contribution in [0.15, 0.2) is 36.7 Å². The van der Waals surface area contributed by atoms with Crippen molar-refractivity contribution in [2.75, 3.05) is 13.1 Å². The highest BCUT2D eigenvalue weighted by Gasteiger charge is 2.30. The van der Waals surface area contributed by atoms with E-state index < -0.39 is 29.3 Å². The van der Waals surface area contributed by atoms with E-state index >= 15 is 0 Å². The molecule has 6 heteroatoms. The second kappa shape index (κ2) is 6.36. The summed E-state index contributed by atoms with van der Waals surface area (Å²) in [6, 6.07) is 4.78. The Morgan fingerprint density at radius 3 is 2.59 bits per heavy atom. The van der Waals surface area contributed by atoms with Gasteiger partial charge >= 0.3 is 0 Å². The molecule has 1 N–H and O–H groups in total. The average Bonchev–Trinajstić information content (AvgIpc) is 3.01. The van der Waals surface area contributed by atoms with Crippen LogP contribution in [0.2, 0.25) is 0 Å². The zero-order valence-electron chi connectivity index (χ0n) is 11.7. The van der Waals surface area contributed by atoms with Gasteiger partial charge in [0, 0.05) is 42.6 Å². The number of pyridine rings is 1. The molecule has 2 aromatic rings. The minimum absolute atomic E-state index is 0.0630. The summed E-state index contributed by atoms with van der Waals surface area (Å²) < 4.78 is 46.3. The second-order valence-corrected chi connectivity index (χ2v) is 5.28. The first-order valence-corrected chi connectivity index (χ1v) is 7.07. The molecule has 0 unspecified atom stereocenters. The maximum atomic E-state index is 13.8. The van der Waals surface area contributed by atoms with Crippen molar-refractivity contribution in [3.05, 3.63) is 59.7 Å². The SMILES string of the molecule is Fc1cc(F)c(O[C@H](c2cccnc2)[C@H]2CCNC2)c(F)c1. The number of ether oxygens (including phenoxy) is 1. The molecule has 3 rings (SSSR count). The number of nitrogens with zero attached hydrogens (tertiary/aromatic N) is 1. The van der Waals surface area contributed by atoms with Crippen LogP contribution < -0.4 is 10.1 Å². The molecular weight excluding hydrogens is 293 g/mol. The minimum Gasteiger partial charge on any atom is -0.479 e. The Morgan fingerprint density at radius 1 is 1.23 bits per heavy atom. The van der Waals surface area contributed by atoms with Gasteiger partial charge in [0.25, 0.3) is 0 Å². The molecule has 1 aromatic carbocycles. The first kappa shape index (κ1) is 14.8. The van der Waals surface area contributed by atoms with Crippen molar-refractivity contribution in [2.45, 2.75) is 12.5 Å². The third kappa shape index (κ3) is 3.06. The lowest BCUT2D eigenvalue weighted by Gasteiger charge is -2.25. The lowest BCUT2D eigenvalue weighted by molar-refractivity contribution is 0.131. The average molecular weight is 308 g/mol. The van der Waals surface area contributed by atoms with Gasteiger partial charge in [0.15, 0.2) is 17.4 Å². The van der Waals surface area contributed by atoms with E-state index in [-0.39, 0.29) is 5.92 Å². The summed E-state index contributed by atoms with van der Waals surface area (Å²) in [5.41, 5.74) is 0.735. The normalized spacial score (nSPS) is 19.1. The Kier molecular flexibility index (Phi) is 4.29. The number of nitrogens with one attached hydrogen (secondary N) is 1. The van der Waals surface area contributed by atoms with E-state index in [4.69, 9.17) is 4.74 Å². The molecule has 1 saturated heterocycles. The van der Waals surface area contributed by atoms with Crippen molar-refractivity contribution in [3.63, 3.8) is 0 Å². The molecule has 0 aliphatic carbocycles. The summed E-state index contributed by atoms with van der Waals surface area (Å²) in [6.07, 6.45) is 3.51. The number of aromatic nitrogens is 1. The van der Waals surface area contributed by atoms with E-state index in [0.29, 0.717) is 18.7 Å². The fraction of sp³-hybridized carbons (Fsp3) is 0.312. The Hall–Kier alpha value is -2.08. The fourth-order valence-electron chi connectivity index (χ4n) is 2.68. The molecule has 0 spiro atoms. The van der Waals surface area contributed by atoms with Gasteiger partial charge in [0.2, 0.25) is 0 Å². The van der Waals surface area contributed by atoms with Crippen molar-refractivity contribution in [2.24, 2.45) is 5.92 Å². The van der Waals surface area contributed by atoms with Gasteiger partial charge < -0.3 is 10.1 Å². The van der Waals surface area contributed by atoms with E-state index in [0.717, 1.165) is 18.5 Å². The van der Waals surface area contributed by atoms with Gasteiger partial charge in [0.05, 0.1) is 0 Å². The van der Waals surface area contributed by atoms with Gasteiger partial charge in [0.1, 0.15) is 11.9 Å². The van der Waals surface area contributed by atoms with E-state index in [1.54, 1.807) is 24.5 Å². The van der Waals surface area contributed by atoms with Crippen LogP contribution in [0.5, 0.6) is 5.75 Å². The number of halogens is 3. The molecule has 1 fully saturated rings. The molecule has 2 atom stereocenters. The fourth-order valence-corrected chi connectivity index (χ4v) is 2.68. The van der Waals surface area contributed by atoms with E-state index in [1.165, 1.54) is 0 Å². The third-order valence-electron chi connectivity index (χ3n) is 3.75. The van der Waals surface area contributed by atoms with E-state index in [9.17, 15) is 13.2 Å². The number of rotatable bonds is 4. The zero-order valence-corrected chi connectivity index (χ0v) is 11.7. The molecule has 0 radical (unpaired) electrons. The summed E-state index contributed by atoms with van der Waals surface area (Å²) in [7, 11) is 0. The van der Waals surface area contributed by atoms with Crippen LogP contribution in [0.1, 0.15) is 18.1 Å². The second-order valence-electron chi connectivity index (χ2n) is 5.28. The number of benzene rings is 1. The van der Waals surface area contributed by atoms with E-state index in [2.05, 4.69) is 10.3 Å². The highest BCUT2D eigenvalue weighted by molar-refractivity contribution is 5.28. The summed E-state index contributed by atoms with van der Waals surface area (Å²) >= 11 is 0. The van der Waals surface area contributed by atoms with Gasteiger partial charge in [-0.25, -0.2) is 13.2 Å². The molecule has 0 bridgehead atoms. The predicted octanol–water partition coefficient (Wildman–Crippen LogP) is 3.23. The standard InChI is InChI=1S/C16H15F3N2O/c17-12-6-13(18)16(14(19)7-12)22-15(11-3-5-21-9-11)10-2-1-4-20-8-10/h1-2,4,6-8,11,15,21H,3,5,9H2/t11-,15+/m0/s1. The molecule has 0 saturated carbocycles. The monoisotopic (exact) mass is 308 g/mol. The van der Waals surface area contributed by atoms with Crippen LogP contribution in [0.3, 0.4) is 0 Å². The molecule has 1 aromatic heterocycles. The van der Waals surface area contributed by atoms with Crippen molar-refractivity contribution >= 4 is 0 Å². The van der Waals surface area contributed by atoms with Crippen LogP contribution in [0.4, 0.5) is 13.2 Å². The van der Waals surface area contributed by atoms with E-state index in [1.807, 2.05) is 0 Å². The smallest absolute Gasteiger partial charge is 0.191 e. The maximum Gasteiger partial charge on any atom is 0.191 e. The molecule has 1 aliphatic rings.